The first-order chi connectivity index (χ1) is 12.2. The number of esters is 1. The number of nitrogens with one attached hydrogen (secondary N) is 1. The normalized spacial score (nSPS) is 16.2. The van der Waals surface area contributed by atoms with Gasteiger partial charge in [-0.05, 0) is 31.0 Å². The van der Waals surface area contributed by atoms with Gasteiger partial charge in [-0.2, -0.15) is 0 Å². The molecule has 0 bridgehead atoms. The Kier molecular flexibility index (Phi) is 5.38. The van der Waals surface area contributed by atoms with E-state index in [4.69, 9.17) is 4.74 Å². The number of carbonyl (C=O) groups is 2. The highest BCUT2D eigenvalue weighted by Gasteiger charge is 2.31. The van der Waals surface area contributed by atoms with Crippen LogP contribution in [0.25, 0.3) is 0 Å². The van der Waals surface area contributed by atoms with Gasteiger partial charge in [0.15, 0.2) is 0 Å². The topological polar surface area (TPSA) is 63.6 Å². The molecule has 6 nitrogen and oxygen atoms in total. The van der Waals surface area contributed by atoms with Crippen molar-refractivity contribution in [3.8, 4) is 0 Å². The molecule has 6 heteroatoms. The maximum atomic E-state index is 12.6. The molecule has 0 saturated carbocycles. The summed E-state index contributed by atoms with van der Waals surface area (Å²) in [5.74, 6) is -0.421. The molecule has 0 spiro atoms. The van der Waals surface area contributed by atoms with Crippen LogP contribution in [0.4, 0.5) is 4.79 Å². The third-order valence-electron chi connectivity index (χ3n) is 4.39. The van der Waals surface area contributed by atoms with E-state index in [9.17, 15) is 9.59 Å². The van der Waals surface area contributed by atoms with E-state index in [1.54, 1.807) is 6.92 Å². The van der Waals surface area contributed by atoms with Gasteiger partial charge < -0.3 is 19.5 Å². The molecule has 1 N–H and O–H groups in total. The summed E-state index contributed by atoms with van der Waals surface area (Å²) in [6.07, 6.45) is 2.78. The lowest BCUT2D eigenvalue weighted by Gasteiger charge is -2.37. The summed E-state index contributed by atoms with van der Waals surface area (Å²) in [5, 5.41) is 2.68. The van der Waals surface area contributed by atoms with E-state index in [2.05, 4.69) is 28.1 Å². The molecule has 1 aromatic heterocycles. The number of ether oxygens (including phenoxy) is 1. The first-order valence-electron chi connectivity index (χ1n) is 8.58. The number of amides is 2. The smallest absolute Gasteiger partial charge is 0.325 e. The number of nitrogens with zero attached hydrogens (tertiary/aromatic N) is 2. The number of rotatable bonds is 5. The maximum Gasteiger partial charge on any atom is 0.325 e. The zero-order valence-corrected chi connectivity index (χ0v) is 14.4. The number of benzene rings is 1. The second-order valence-electron chi connectivity index (χ2n) is 5.99. The van der Waals surface area contributed by atoms with Gasteiger partial charge in [0, 0.05) is 25.0 Å². The van der Waals surface area contributed by atoms with E-state index < -0.39 is 5.97 Å². The summed E-state index contributed by atoms with van der Waals surface area (Å²) in [4.78, 5) is 25.9. The van der Waals surface area contributed by atoms with Gasteiger partial charge in [0.25, 0.3) is 0 Å². The molecule has 25 heavy (non-hydrogen) atoms. The summed E-state index contributed by atoms with van der Waals surface area (Å²) in [6, 6.07) is 13.9. The first kappa shape index (κ1) is 17.1. The minimum absolute atomic E-state index is 0.0617. The van der Waals surface area contributed by atoms with Crippen molar-refractivity contribution in [3.63, 3.8) is 0 Å². The van der Waals surface area contributed by atoms with Crippen molar-refractivity contribution in [2.75, 3.05) is 19.7 Å². The fourth-order valence-electron chi connectivity index (χ4n) is 3.22. The van der Waals surface area contributed by atoms with Crippen molar-refractivity contribution in [3.05, 3.63) is 59.9 Å². The van der Waals surface area contributed by atoms with Gasteiger partial charge in [-0.1, -0.05) is 30.3 Å². The molecule has 1 aliphatic heterocycles. The van der Waals surface area contributed by atoms with E-state index >= 15 is 0 Å². The Morgan fingerprint density at radius 1 is 1.16 bits per heavy atom. The predicted molar refractivity (Wildman–Crippen MR) is 94.1 cm³/mol. The highest BCUT2D eigenvalue weighted by atomic mass is 16.5. The van der Waals surface area contributed by atoms with Gasteiger partial charge in [0.05, 0.1) is 12.6 Å². The van der Waals surface area contributed by atoms with Crippen LogP contribution in [0.15, 0.2) is 48.7 Å². The van der Waals surface area contributed by atoms with Crippen LogP contribution < -0.4 is 5.32 Å². The molecule has 2 heterocycles. The summed E-state index contributed by atoms with van der Waals surface area (Å²) < 4.78 is 7.05. The van der Waals surface area contributed by atoms with Crippen molar-refractivity contribution in [1.29, 1.82) is 0 Å². The number of fused-ring (bicyclic) bond motifs is 1. The first-order valence-corrected chi connectivity index (χ1v) is 8.58. The summed E-state index contributed by atoms with van der Waals surface area (Å²) >= 11 is 0. The van der Waals surface area contributed by atoms with Crippen LogP contribution in [0.3, 0.4) is 0 Å². The van der Waals surface area contributed by atoms with Gasteiger partial charge in [0.1, 0.15) is 6.54 Å². The largest absolute Gasteiger partial charge is 0.465 e. The minimum Gasteiger partial charge on any atom is -0.465 e. The average Bonchev–Trinajstić information content (AvgIpc) is 3.10. The van der Waals surface area contributed by atoms with E-state index in [-0.39, 0.29) is 18.6 Å². The number of hydrogen-bond donors (Lipinski definition) is 1. The molecule has 0 fully saturated rings. The quantitative estimate of drug-likeness (QED) is 0.849. The Bertz CT molecular complexity index is 727. The Balaban J connectivity index is 1.75. The van der Waals surface area contributed by atoms with Gasteiger partial charge in [-0.25, -0.2) is 4.79 Å². The van der Waals surface area contributed by atoms with Crippen LogP contribution in [-0.4, -0.2) is 41.2 Å². The summed E-state index contributed by atoms with van der Waals surface area (Å²) in [7, 11) is 0. The predicted octanol–water partition coefficient (Wildman–Crippen LogP) is 2.36. The molecule has 0 radical (unpaired) electrons. The van der Waals surface area contributed by atoms with Crippen LogP contribution >= 0.6 is 0 Å². The molecule has 0 aliphatic carbocycles. The third kappa shape index (κ3) is 4.02. The third-order valence-corrected chi connectivity index (χ3v) is 4.39. The summed E-state index contributed by atoms with van der Waals surface area (Å²) in [6.45, 7) is 3.30. The zero-order chi connectivity index (χ0) is 17.6. The lowest BCUT2D eigenvalue weighted by Crippen LogP contribution is -2.48. The molecule has 2 amide bonds. The second kappa shape index (κ2) is 7.88. The van der Waals surface area contributed by atoms with E-state index in [0.717, 1.165) is 18.7 Å². The van der Waals surface area contributed by atoms with Crippen LogP contribution in [0, 0.1) is 0 Å². The fraction of sp³-hybridized carbons (Fsp3) is 0.368. The molecule has 1 aliphatic rings. The molecule has 132 valence electrons. The van der Waals surface area contributed by atoms with Crippen molar-refractivity contribution in [2.24, 2.45) is 0 Å². The van der Waals surface area contributed by atoms with Crippen molar-refractivity contribution in [2.45, 2.75) is 25.9 Å². The van der Waals surface area contributed by atoms with E-state index in [0.29, 0.717) is 13.2 Å². The van der Waals surface area contributed by atoms with Crippen LogP contribution in [0.2, 0.25) is 0 Å². The highest BCUT2D eigenvalue weighted by molar-refractivity contribution is 5.81. The molecule has 3 rings (SSSR count). The van der Waals surface area contributed by atoms with Crippen LogP contribution in [-0.2, 0) is 22.5 Å². The molecule has 0 saturated heterocycles. The molecular formula is C19H23N3O3. The average molecular weight is 341 g/mol. The van der Waals surface area contributed by atoms with Gasteiger partial charge >= 0.3 is 12.0 Å². The summed E-state index contributed by atoms with van der Waals surface area (Å²) in [5.41, 5.74) is 2.28. The number of urea groups is 1. The van der Waals surface area contributed by atoms with E-state index in [1.807, 2.05) is 35.4 Å². The molecule has 1 unspecified atom stereocenters. The number of aromatic nitrogens is 1. The molecule has 1 aromatic carbocycles. The maximum absolute atomic E-state index is 12.6. The lowest BCUT2D eigenvalue weighted by molar-refractivity contribution is -0.141. The van der Waals surface area contributed by atoms with Gasteiger partial charge in [0.2, 0.25) is 0 Å². The van der Waals surface area contributed by atoms with Crippen molar-refractivity contribution >= 4 is 12.0 Å². The monoisotopic (exact) mass is 341 g/mol. The molecule has 2 aromatic rings. The van der Waals surface area contributed by atoms with Crippen molar-refractivity contribution in [1.82, 2.24) is 14.8 Å². The van der Waals surface area contributed by atoms with E-state index in [1.165, 1.54) is 5.56 Å². The lowest BCUT2D eigenvalue weighted by atomic mass is 10.0. The Morgan fingerprint density at radius 2 is 1.96 bits per heavy atom. The van der Waals surface area contributed by atoms with Gasteiger partial charge in [-0.15, -0.1) is 0 Å². The molecular weight excluding hydrogens is 318 g/mol. The van der Waals surface area contributed by atoms with Crippen LogP contribution in [0.5, 0.6) is 0 Å². The van der Waals surface area contributed by atoms with Gasteiger partial charge in [-0.3, -0.25) is 4.79 Å². The number of carbonyl (C=O) groups excluding carboxylic acids is 2. The zero-order valence-electron chi connectivity index (χ0n) is 14.4. The Labute approximate surface area is 147 Å². The second-order valence-corrected chi connectivity index (χ2v) is 5.99. The van der Waals surface area contributed by atoms with Crippen LogP contribution in [0.1, 0.15) is 24.2 Å². The molecule has 1 atom stereocenters. The minimum atomic E-state index is -0.421. The number of hydrogen-bond acceptors (Lipinski definition) is 3. The van der Waals surface area contributed by atoms with Crippen molar-refractivity contribution < 1.29 is 14.3 Å². The Morgan fingerprint density at radius 3 is 2.72 bits per heavy atom. The Hall–Kier alpha value is -2.76. The fourth-order valence-corrected chi connectivity index (χ4v) is 3.22. The highest BCUT2D eigenvalue weighted by Crippen LogP contribution is 2.29. The standard InChI is InChI=1S/C19H23N3O3/c1-2-25-18(23)14-20-19(24)22-12-11-21-10-6-9-16(21)17(22)13-15-7-4-3-5-8-15/h3-10,17H,2,11-14H2,1H3,(H,20,24). The SMILES string of the molecule is CCOC(=O)CNC(=O)N1CCn2cccc2C1Cc1ccccc1.